The van der Waals surface area contributed by atoms with Crippen molar-refractivity contribution >= 4 is 24.0 Å². The molecule has 1 aromatic carbocycles. The fraction of sp³-hybridized carbons (Fsp3) is 0.0556. The molecule has 2 rings (SSSR count). The van der Waals surface area contributed by atoms with Crippen LogP contribution in [0.15, 0.2) is 66.0 Å². The minimum atomic E-state index is -0.714. The van der Waals surface area contributed by atoms with Crippen LogP contribution in [-0.2, 0) is 14.3 Å². The lowest BCUT2D eigenvalue weighted by Gasteiger charge is -2.08. The zero-order chi connectivity index (χ0) is 16.7. The third-order valence-electron chi connectivity index (χ3n) is 3.09. The average molecular weight is 308 g/mol. The van der Waals surface area contributed by atoms with Crippen LogP contribution in [0.4, 0.5) is 0 Å². The number of hydrogen-bond donors (Lipinski definition) is 1. The summed E-state index contributed by atoms with van der Waals surface area (Å²) in [5.41, 5.74) is 7.10. The summed E-state index contributed by atoms with van der Waals surface area (Å²) in [7, 11) is 1.26. The molecule has 23 heavy (non-hydrogen) atoms. The Morgan fingerprint density at radius 3 is 2.09 bits per heavy atom. The van der Waals surface area contributed by atoms with Crippen LogP contribution in [0.25, 0.3) is 12.2 Å². The molecule has 0 bridgehead atoms. The van der Waals surface area contributed by atoms with E-state index in [-0.39, 0.29) is 11.1 Å². The van der Waals surface area contributed by atoms with Gasteiger partial charge in [0.2, 0.25) is 5.91 Å². The molecule has 0 aliphatic heterocycles. The predicted molar refractivity (Wildman–Crippen MR) is 87.8 cm³/mol. The number of methoxy groups -OCH3 is 1. The first-order chi connectivity index (χ1) is 11.1. The van der Waals surface area contributed by atoms with Crippen molar-refractivity contribution in [1.29, 1.82) is 0 Å². The lowest BCUT2D eigenvalue weighted by Crippen LogP contribution is -2.20. The topological polar surface area (TPSA) is 82.3 Å². The van der Waals surface area contributed by atoms with Gasteiger partial charge in [0.15, 0.2) is 0 Å². The highest BCUT2D eigenvalue weighted by atomic mass is 16.5. The largest absolute Gasteiger partial charge is 0.465 e. The van der Waals surface area contributed by atoms with E-state index < -0.39 is 11.9 Å². The first kappa shape index (κ1) is 16.2. The molecule has 0 aliphatic carbocycles. The molecule has 2 N–H and O–H groups in total. The van der Waals surface area contributed by atoms with E-state index in [2.05, 4.69) is 4.98 Å². The number of carbonyl (C=O) groups excluding carboxylic acids is 2. The molecule has 0 atom stereocenters. The predicted octanol–water partition coefficient (Wildman–Crippen LogP) is 2.21. The van der Waals surface area contributed by atoms with Crippen molar-refractivity contribution in [2.75, 3.05) is 7.11 Å². The van der Waals surface area contributed by atoms with Crippen molar-refractivity contribution in [1.82, 2.24) is 4.98 Å². The summed E-state index contributed by atoms with van der Waals surface area (Å²) < 4.78 is 4.79. The number of aromatic nitrogens is 1. The third-order valence-corrected chi connectivity index (χ3v) is 3.09. The van der Waals surface area contributed by atoms with Crippen molar-refractivity contribution in [2.24, 2.45) is 5.73 Å². The minimum absolute atomic E-state index is 0.0758. The van der Waals surface area contributed by atoms with Gasteiger partial charge in [0, 0.05) is 12.4 Å². The first-order valence-corrected chi connectivity index (χ1v) is 6.89. The number of esters is 1. The standard InChI is InChI=1S/C18H16N2O3/c1-23-18(22)16(12-13-5-3-2-4-6-13)15(17(19)21)11-14-7-9-20-10-8-14/h2-12H,1H3,(H2,19,21). The van der Waals surface area contributed by atoms with Gasteiger partial charge in [-0.15, -0.1) is 0 Å². The average Bonchev–Trinajstić information content (AvgIpc) is 2.59. The number of hydrogen-bond acceptors (Lipinski definition) is 4. The van der Waals surface area contributed by atoms with E-state index in [0.717, 1.165) is 5.56 Å². The molecule has 0 unspecified atom stereocenters. The summed E-state index contributed by atoms with van der Waals surface area (Å²) in [5, 5.41) is 0. The summed E-state index contributed by atoms with van der Waals surface area (Å²) in [5.74, 6) is -1.35. The fourth-order valence-electron chi connectivity index (χ4n) is 1.98. The van der Waals surface area contributed by atoms with Gasteiger partial charge in [0.05, 0.1) is 18.3 Å². The molecule has 5 nitrogen and oxygen atoms in total. The van der Waals surface area contributed by atoms with Crippen LogP contribution in [-0.4, -0.2) is 24.0 Å². The van der Waals surface area contributed by atoms with Gasteiger partial charge in [0.1, 0.15) is 0 Å². The Hall–Kier alpha value is -3.21. The van der Waals surface area contributed by atoms with E-state index in [1.54, 1.807) is 30.6 Å². The van der Waals surface area contributed by atoms with Crippen molar-refractivity contribution in [2.45, 2.75) is 0 Å². The highest BCUT2D eigenvalue weighted by Crippen LogP contribution is 2.19. The first-order valence-electron chi connectivity index (χ1n) is 6.89. The van der Waals surface area contributed by atoms with Crippen molar-refractivity contribution < 1.29 is 14.3 Å². The van der Waals surface area contributed by atoms with Gasteiger partial charge >= 0.3 is 5.97 Å². The van der Waals surface area contributed by atoms with Crippen LogP contribution >= 0.6 is 0 Å². The van der Waals surface area contributed by atoms with E-state index in [0.29, 0.717) is 5.56 Å². The van der Waals surface area contributed by atoms with Gasteiger partial charge in [-0.3, -0.25) is 9.78 Å². The van der Waals surface area contributed by atoms with Gasteiger partial charge in [-0.1, -0.05) is 30.3 Å². The molecular formula is C18H16N2O3. The quantitative estimate of drug-likeness (QED) is 0.521. The monoisotopic (exact) mass is 308 g/mol. The Kier molecular flexibility index (Phi) is 5.41. The Labute approximate surface area is 134 Å². The second-order valence-corrected chi connectivity index (χ2v) is 4.66. The molecule has 0 fully saturated rings. The number of carbonyl (C=O) groups is 2. The number of ether oxygens (including phenoxy) is 1. The minimum Gasteiger partial charge on any atom is -0.465 e. The molecule has 0 spiro atoms. The maximum Gasteiger partial charge on any atom is 0.338 e. The molecule has 5 heteroatoms. The van der Waals surface area contributed by atoms with Crippen LogP contribution in [0.2, 0.25) is 0 Å². The highest BCUT2D eigenvalue weighted by Gasteiger charge is 2.19. The van der Waals surface area contributed by atoms with Crippen LogP contribution in [0.5, 0.6) is 0 Å². The summed E-state index contributed by atoms with van der Waals surface area (Å²) >= 11 is 0. The fourth-order valence-corrected chi connectivity index (χ4v) is 1.98. The Balaban J connectivity index is 2.55. The molecule has 0 saturated carbocycles. The molecule has 2 aromatic rings. The van der Waals surface area contributed by atoms with Crippen LogP contribution < -0.4 is 5.73 Å². The second-order valence-electron chi connectivity index (χ2n) is 4.66. The maximum atomic E-state index is 12.1. The number of pyridine rings is 1. The SMILES string of the molecule is COC(=O)C(=Cc1ccccc1)C(=Cc1ccncc1)C(N)=O. The number of benzene rings is 1. The number of nitrogens with two attached hydrogens (primary N) is 1. The summed E-state index contributed by atoms with van der Waals surface area (Å²) in [6.07, 6.45) is 6.28. The van der Waals surface area contributed by atoms with Crippen LogP contribution in [0, 0.1) is 0 Å². The lowest BCUT2D eigenvalue weighted by molar-refractivity contribution is -0.136. The van der Waals surface area contributed by atoms with Gasteiger partial charge in [-0.2, -0.15) is 0 Å². The van der Waals surface area contributed by atoms with E-state index >= 15 is 0 Å². The Morgan fingerprint density at radius 1 is 0.957 bits per heavy atom. The summed E-state index contributed by atoms with van der Waals surface area (Å²) in [6.45, 7) is 0. The van der Waals surface area contributed by atoms with Gasteiger partial charge in [-0.05, 0) is 35.4 Å². The van der Waals surface area contributed by atoms with Crippen molar-refractivity contribution in [3.63, 3.8) is 0 Å². The smallest absolute Gasteiger partial charge is 0.338 e. The van der Waals surface area contributed by atoms with Crippen LogP contribution in [0.3, 0.4) is 0 Å². The Morgan fingerprint density at radius 2 is 1.52 bits per heavy atom. The molecular weight excluding hydrogens is 292 g/mol. The van der Waals surface area contributed by atoms with Crippen LogP contribution in [0.1, 0.15) is 11.1 Å². The maximum absolute atomic E-state index is 12.1. The summed E-state index contributed by atoms with van der Waals surface area (Å²) in [4.78, 5) is 27.9. The lowest BCUT2D eigenvalue weighted by atomic mass is 10.00. The highest BCUT2D eigenvalue weighted by molar-refractivity contribution is 6.13. The van der Waals surface area contributed by atoms with E-state index in [1.165, 1.54) is 13.2 Å². The summed E-state index contributed by atoms with van der Waals surface area (Å²) in [6, 6.07) is 12.6. The molecule has 116 valence electrons. The van der Waals surface area contributed by atoms with Gasteiger partial charge in [-0.25, -0.2) is 4.79 Å². The van der Waals surface area contributed by atoms with Gasteiger partial charge in [0.25, 0.3) is 0 Å². The van der Waals surface area contributed by atoms with E-state index in [9.17, 15) is 9.59 Å². The Bertz CT molecular complexity index is 750. The zero-order valence-corrected chi connectivity index (χ0v) is 12.6. The number of primary amides is 1. The number of amides is 1. The molecule has 1 amide bonds. The molecule has 0 radical (unpaired) electrons. The molecule has 1 heterocycles. The normalized spacial score (nSPS) is 11.9. The zero-order valence-electron chi connectivity index (χ0n) is 12.6. The number of nitrogens with zero attached hydrogens (tertiary/aromatic N) is 1. The van der Waals surface area contributed by atoms with Crippen molar-refractivity contribution in [3.8, 4) is 0 Å². The molecule has 0 aliphatic rings. The number of rotatable bonds is 5. The second kappa shape index (κ2) is 7.70. The molecule has 0 saturated heterocycles. The van der Waals surface area contributed by atoms with E-state index in [1.807, 2.05) is 30.3 Å². The van der Waals surface area contributed by atoms with E-state index in [4.69, 9.17) is 10.5 Å². The third kappa shape index (κ3) is 4.38. The van der Waals surface area contributed by atoms with Gasteiger partial charge < -0.3 is 10.5 Å². The van der Waals surface area contributed by atoms with Crippen molar-refractivity contribution in [3.05, 3.63) is 77.1 Å². The molecule has 1 aromatic heterocycles.